The van der Waals surface area contributed by atoms with E-state index < -0.39 is 0 Å². The Morgan fingerprint density at radius 1 is 1.32 bits per heavy atom. The fourth-order valence-electron chi connectivity index (χ4n) is 1.74. The number of aromatic nitrogens is 1. The van der Waals surface area contributed by atoms with Crippen LogP contribution in [-0.2, 0) is 11.3 Å². The van der Waals surface area contributed by atoms with Crippen LogP contribution in [0.4, 0.5) is 0 Å². The third-order valence-corrected chi connectivity index (χ3v) is 2.70. The number of benzene rings is 1. The lowest BCUT2D eigenvalue weighted by molar-refractivity contribution is -0.119. The minimum absolute atomic E-state index is 0.0827. The van der Waals surface area contributed by atoms with Crippen molar-refractivity contribution in [2.24, 2.45) is 0 Å². The monoisotopic (exact) mass is 251 g/mol. The van der Waals surface area contributed by atoms with Crippen LogP contribution < -0.4 is 5.32 Å². The molecule has 0 aliphatic rings. The lowest BCUT2D eigenvalue weighted by atomic mass is 10.0. The fourth-order valence-corrected chi connectivity index (χ4v) is 1.74. The van der Waals surface area contributed by atoms with Crippen LogP contribution in [0.3, 0.4) is 0 Å². The number of amides is 1. The fraction of sp³-hybridized carbons (Fsp3) is 0.133. The molecule has 0 bridgehead atoms. The number of nitrogens with one attached hydrogen (secondary N) is 1. The molecule has 94 valence electrons. The second-order valence-corrected chi connectivity index (χ2v) is 4.11. The van der Waals surface area contributed by atoms with Gasteiger partial charge in [0.15, 0.2) is 0 Å². The third kappa shape index (κ3) is 3.17. The molecule has 4 heteroatoms. The van der Waals surface area contributed by atoms with Gasteiger partial charge in [-0.05, 0) is 12.1 Å². The summed E-state index contributed by atoms with van der Waals surface area (Å²) in [5.74, 6) is -0.0827. The molecule has 1 aromatic heterocycles. The van der Waals surface area contributed by atoms with Gasteiger partial charge in [0.25, 0.3) is 0 Å². The SMILES string of the molecule is CC(=O)NCc1ccc(-c2ccccc2C#N)cn1. The minimum atomic E-state index is -0.0827. The molecule has 0 unspecified atom stereocenters. The summed E-state index contributed by atoms with van der Waals surface area (Å²) in [4.78, 5) is 15.1. The summed E-state index contributed by atoms with van der Waals surface area (Å²) < 4.78 is 0. The van der Waals surface area contributed by atoms with Gasteiger partial charge in [-0.3, -0.25) is 9.78 Å². The van der Waals surface area contributed by atoms with Gasteiger partial charge in [-0.15, -0.1) is 0 Å². The van der Waals surface area contributed by atoms with Crippen molar-refractivity contribution in [1.82, 2.24) is 10.3 Å². The van der Waals surface area contributed by atoms with E-state index in [1.54, 1.807) is 12.3 Å². The van der Waals surface area contributed by atoms with Gasteiger partial charge in [0, 0.05) is 24.2 Å². The standard InChI is InChI=1S/C15H13N3O/c1-11(19)17-10-14-7-6-13(9-18-14)15-5-3-2-4-12(15)8-16/h2-7,9H,10H2,1H3,(H,17,19). The zero-order chi connectivity index (χ0) is 13.7. The van der Waals surface area contributed by atoms with E-state index >= 15 is 0 Å². The van der Waals surface area contributed by atoms with Crippen LogP contribution in [0.1, 0.15) is 18.2 Å². The van der Waals surface area contributed by atoms with E-state index in [1.807, 2.05) is 30.3 Å². The van der Waals surface area contributed by atoms with Crippen LogP contribution in [0.15, 0.2) is 42.6 Å². The highest BCUT2D eigenvalue weighted by molar-refractivity contribution is 5.73. The zero-order valence-electron chi connectivity index (χ0n) is 10.6. The van der Waals surface area contributed by atoms with Crippen LogP contribution >= 0.6 is 0 Å². The molecule has 0 atom stereocenters. The number of rotatable bonds is 3. The Balaban J connectivity index is 2.23. The minimum Gasteiger partial charge on any atom is -0.351 e. The van der Waals surface area contributed by atoms with Crippen molar-refractivity contribution in [1.29, 1.82) is 5.26 Å². The van der Waals surface area contributed by atoms with Crippen LogP contribution in [0.5, 0.6) is 0 Å². The van der Waals surface area contributed by atoms with Gasteiger partial charge < -0.3 is 5.32 Å². The molecule has 2 rings (SSSR count). The van der Waals surface area contributed by atoms with Crippen molar-refractivity contribution in [3.8, 4) is 17.2 Å². The molecular formula is C15H13N3O. The Hall–Kier alpha value is -2.67. The van der Waals surface area contributed by atoms with Crippen LogP contribution in [0, 0.1) is 11.3 Å². The molecule has 0 aliphatic carbocycles. The van der Waals surface area contributed by atoms with E-state index in [4.69, 9.17) is 5.26 Å². The van der Waals surface area contributed by atoms with Gasteiger partial charge >= 0.3 is 0 Å². The lowest BCUT2D eigenvalue weighted by Crippen LogP contribution is -2.19. The molecule has 0 fully saturated rings. The molecule has 0 aliphatic heterocycles. The highest BCUT2D eigenvalue weighted by atomic mass is 16.1. The predicted octanol–water partition coefficient (Wildman–Crippen LogP) is 2.26. The molecular weight excluding hydrogens is 238 g/mol. The Morgan fingerprint density at radius 3 is 2.74 bits per heavy atom. The Kier molecular flexibility index (Phi) is 3.89. The first-order valence-corrected chi connectivity index (χ1v) is 5.89. The molecule has 1 amide bonds. The van der Waals surface area contributed by atoms with Crippen molar-refractivity contribution in [3.63, 3.8) is 0 Å². The van der Waals surface area contributed by atoms with E-state index in [2.05, 4.69) is 16.4 Å². The zero-order valence-corrected chi connectivity index (χ0v) is 10.6. The van der Waals surface area contributed by atoms with E-state index in [0.29, 0.717) is 12.1 Å². The average molecular weight is 251 g/mol. The topological polar surface area (TPSA) is 65.8 Å². The highest BCUT2D eigenvalue weighted by Crippen LogP contribution is 2.22. The number of carbonyl (C=O) groups is 1. The maximum absolute atomic E-state index is 10.8. The third-order valence-electron chi connectivity index (χ3n) is 2.70. The first kappa shape index (κ1) is 12.8. The quantitative estimate of drug-likeness (QED) is 0.909. The Bertz CT molecular complexity index is 627. The molecule has 0 saturated carbocycles. The summed E-state index contributed by atoms with van der Waals surface area (Å²) in [5, 5.41) is 11.8. The summed E-state index contributed by atoms with van der Waals surface area (Å²) in [6, 6.07) is 13.3. The molecule has 0 spiro atoms. The van der Waals surface area contributed by atoms with E-state index in [-0.39, 0.29) is 5.91 Å². The maximum Gasteiger partial charge on any atom is 0.217 e. The summed E-state index contributed by atoms with van der Waals surface area (Å²) in [7, 11) is 0. The molecule has 0 saturated heterocycles. The van der Waals surface area contributed by atoms with E-state index in [0.717, 1.165) is 16.8 Å². The number of hydrogen-bond acceptors (Lipinski definition) is 3. The largest absolute Gasteiger partial charge is 0.351 e. The number of hydrogen-bond donors (Lipinski definition) is 1. The van der Waals surface area contributed by atoms with Gasteiger partial charge in [0.1, 0.15) is 0 Å². The van der Waals surface area contributed by atoms with Crippen molar-refractivity contribution in [2.75, 3.05) is 0 Å². The molecule has 2 aromatic rings. The number of pyridine rings is 1. The molecule has 0 radical (unpaired) electrons. The molecule has 1 N–H and O–H groups in total. The molecule has 4 nitrogen and oxygen atoms in total. The number of carbonyl (C=O) groups excluding carboxylic acids is 1. The lowest BCUT2D eigenvalue weighted by Gasteiger charge is -2.05. The Morgan fingerprint density at radius 2 is 2.11 bits per heavy atom. The van der Waals surface area contributed by atoms with Gasteiger partial charge in [-0.1, -0.05) is 24.3 Å². The Labute approximate surface area is 111 Å². The van der Waals surface area contributed by atoms with E-state index in [9.17, 15) is 4.79 Å². The first-order valence-electron chi connectivity index (χ1n) is 5.89. The van der Waals surface area contributed by atoms with Crippen molar-refractivity contribution in [3.05, 3.63) is 53.9 Å². The summed E-state index contributed by atoms with van der Waals surface area (Å²) in [6.07, 6.45) is 1.72. The maximum atomic E-state index is 10.8. The van der Waals surface area contributed by atoms with Crippen LogP contribution in [0.25, 0.3) is 11.1 Å². The van der Waals surface area contributed by atoms with Gasteiger partial charge in [0.2, 0.25) is 5.91 Å². The van der Waals surface area contributed by atoms with Crippen molar-refractivity contribution < 1.29 is 4.79 Å². The summed E-state index contributed by atoms with van der Waals surface area (Å²) in [5.41, 5.74) is 3.17. The molecule has 1 heterocycles. The van der Waals surface area contributed by atoms with Crippen LogP contribution in [0.2, 0.25) is 0 Å². The highest BCUT2D eigenvalue weighted by Gasteiger charge is 2.04. The first-order chi connectivity index (χ1) is 9.20. The summed E-state index contributed by atoms with van der Waals surface area (Å²) >= 11 is 0. The number of nitriles is 1. The van der Waals surface area contributed by atoms with Crippen molar-refractivity contribution >= 4 is 5.91 Å². The van der Waals surface area contributed by atoms with Crippen molar-refractivity contribution in [2.45, 2.75) is 13.5 Å². The van der Waals surface area contributed by atoms with Gasteiger partial charge in [-0.2, -0.15) is 5.26 Å². The normalized spacial score (nSPS) is 9.68. The second kappa shape index (κ2) is 5.78. The van der Waals surface area contributed by atoms with Gasteiger partial charge in [-0.25, -0.2) is 0 Å². The van der Waals surface area contributed by atoms with E-state index in [1.165, 1.54) is 6.92 Å². The van der Waals surface area contributed by atoms with Crippen LogP contribution in [-0.4, -0.2) is 10.9 Å². The average Bonchev–Trinajstić information content (AvgIpc) is 2.45. The smallest absolute Gasteiger partial charge is 0.217 e. The second-order valence-electron chi connectivity index (χ2n) is 4.11. The molecule has 19 heavy (non-hydrogen) atoms. The summed E-state index contributed by atoms with van der Waals surface area (Å²) in [6.45, 7) is 1.88. The predicted molar refractivity (Wildman–Crippen MR) is 71.9 cm³/mol. The number of nitrogens with zero attached hydrogens (tertiary/aromatic N) is 2. The molecule has 1 aromatic carbocycles. The van der Waals surface area contributed by atoms with Gasteiger partial charge in [0.05, 0.1) is 23.9 Å².